The van der Waals surface area contributed by atoms with E-state index >= 15 is 0 Å². The minimum Gasteiger partial charge on any atom is -0.396 e. The summed E-state index contributed by atoms with van der Waals surface area (Å²) in [6.45, 7) is 1.54. The lowest BCUT2D eigenvalue weighted by atomic mass is 10.1. The monoisotopic (exact) mass is 407 g/mol. The highest BCUT2D eigenvalue weighted by Gasteiger charge is 2.22. The molecule has 9 heteroatoms. The number of halogens is 1. The molecule has 0 aliphatic carbocycles. The van der Waals surface area contributed by atoms with Crippen molar-refractivity contribution in [1.82, 2.24) is 15.0 Å². The van der Waals surface area contributed by atoms with Crippen molar-refractivity contribution in [3.8, 4) is 11.4 Å². The van der Waals surface area contributed by atoms with E-state index in [1.807, 2.05) is 6.07 Å². The molecule has 30 heavy (non-hydrogen) atoms. The molecule has 3 aromatic rings. The molecule has 1 aromatic carbocycles. The quantitative estimate of drug-likeness (QED) is 0.607. The number of nitrogens with one attached hydrogen (secondary N) is 1. The Labute approximate surface area is 173 Å². The molecule has 1 fully saturated rings. The van der Waals surface area contributed by atoms with Crippen LogP contribution in [0.2, 0.25) is 0 Å². The fourth-order valence-corrected chi connectivity index (χ4v) is 3.51. The van der Waals surface area contributed by atoms with Crippen molar-refractivity contribution in [3.63, 3.8) is 0 Å². The molecule has 0 spiro atoms. The number of nitrogens with zero attached hydrogens (tertiary/aromatic N) is 4. The lowest BCUT2D eigenvalue weighted by Gasteiger charge is -2.33. The number of nitrogen functional groups attached to an aromatic ring is 1. The highest BCUT2D eigenvalue weighted by atomic mass is 19.1. The van der Waals surface area contributed by atoms with Crippen LogP contribution in [0.25, 0.3) is 11.4 Å². The molecule has 1 saturated heterocycles. The highest BCUT2D eigenvalue weighted by molar-refractivity contribution is 6.07. The van der Waals surface area contributed by atoms with E-state index < -0.39 is 11.7 Å². The van der Waals surface area contributed by atoms with Gasteiger partial charge in [-0.15, -0.1) is 0 Å². The number of hydrogen-bond acceptors (Lipinski definition) is 7. The van der Waals surface area contributed by atoms with E-state index in [0.29, 0.717) is 12.2 Å². The maximum absolute atomic E-state index is 14.1. The Balaban J connectivity index is 1.62. The number of amides is 1. The third-order valence-corrected chi connectivity index (χ3v) is 4.99. The van der Waals surface area contributed by atoms with Crippen molar-refractivity contribution in [3.05, 3.63) is 60.4 Å². The van der Waals surface area contributed by atoms with Crippen LogP contribution >= 0.6 is 0 Å². The van der Waals surface area contributed by atoms with Crippen LogP contribution in [0.15, 0.2) is 48.9 Å². The van der Waals surface area contributed by atoms with E-state index in [0.717, 1.165) is 25.1 Å². The summed E-state index contributed by atoms with van der Waals surface area (Å²) in [5, 5.41) is 2.83. The molecule has 5 N–H and O–H groups in total. The summed E-state index contributed by atoms with van der Waals surface area (Å²) in [5.74, 6) is -0.923. The molecule has 0 bridgehead atoms. The maximum Gasteiger partial charge on any atom is 0.276 e. The summed E-state index contributed by atoms with van der Waals surface area (Å²) in [6, 6.07) is 8.00. The minimum atomic E-state index is -0.525. The van der Waals surface area contributed by atoms with Crippen molar-refractivity contribution in [2.45, 2.75) is 18.9 Å². The lowest BCUT2D eigenvalue weighted by molar-refractivity contribution is 0.102. The molecule has 0 radical (unpaired) electrons. The number of pyridine rings is 1. The van der Waals surface area contributed by atoms with Crippen LogP contribution < -0.4 is 21.7 Å². The predicted molar refractivity (Wildman–Crippen MR) is 113 cm³/mol. The van der Waals surface area contributed by atoms with Crippen LogP contribution in [0.1, 0.15) is 23.3 Å². The molecule has 4 rings (SSSR count). The van der Waals surface area contributed by atoms with Gasteiger partial charge in [0.05, 0.1) is 35.0 Å². The maximum atomic E-state index is 14.1. The number of piperidine rings is 1. The first-order chi connectivity index (χ1) is 14.5. The second-order valence-corrected chi connectivity index (χ2v) is 7.17. The van der Waals surface area contributed by atoms with Gasteiger partial charge < -0.3 is 21.7 Å². The summed E-state index contributed by atoms with van der Waals surface area (Å²) in [4.78, 5) is 27.5. The zero-order valence-corrected chi connectivity index (χ0v) is 16.3. The van der Waals surface area contributed by atoms with E-state index in [2.05, 4.69) is 25.2 Å². The predicted octanol–water partition coefficient (Wildman–Crippen LogP) is 2.44. The van der Waals surface area contributed by atoms with Crippen molar-refractivity contribution >= 4 is 23.0 Å². The average Bonchev–Trinajstić information content (AvgIpc) is 2.75. The van der Waals surface area contributed by atoms with Gasteiger partial charge in [-0.25, -0.2) is 14.4 Å². The van der Waals surface area contributed by atoms with E-state index in [-0.39, 0.29) is 28.8 Å². The summed E-state index contributed by atoms with van der Waals surface area (Å²) in [6.07, 6.45) is 6.49. The highest BCUT2D eigenvalue weighted by Crippen LogP contribution is 2.28. The molecule has 1 amide bonds. The Kier molecular flexibility index (Phi) is 5.53. The summed E-state index contributed by atoms with van der Waals surface area (Å²) in [7, 11) is 0. The van der Waals surface area contributed by atoms with Crippen LogP contribution in [0.4, 0.5) is 21.5 Å². The Bertz CT molecular complexity index is 1070. The fourth-order valence-electron chi connectivity index (χ4n) is 3.51. The third-order valence-electron chi connectivity index (χ3n) is 4.99. The minimum absolute atomic E-state index is 0.0339. The van der Waals surface area contributed by atoms with Gasteiger partial charge in [0, 0.05) is 25.3 Å². The van der Waals surface area contributed by atoms with Gasteiger partial charge >= 0.3 is 0 Å². The van der Waals surface area contributed by atoms with Crippen molar-refractivity contribution in [2.75, 3.05) is 29.0 Å². The molecule has 1 atom stereocenters. The van der Waals surface area contributed by atoms with E-state index in [1.54, 1.807) is 30.6 Å². The topological polar surface area (TPSA) is 123 Å². The molecule has 3 heterocycles. The second-order valence-electron chi connectivity index (χ2n) is 7.17. The molecule has 1 unspecified atom stereocenters. The molecular weight excluding hydrogens is 385 g/mol. The summed E-state index contributed by atoms with van der Waals surface area (Å²) < 4.78 is 14.1. The Morgan fingerprint density at radius 3 is 2.87 bits per heavy atom. The normalized spacial score (nSPS) is 16.3. The Morgan fingerprint density at radius 2 is 2.07 bits per heavy atom. The fraction of sp³-hybridized carbons (Fsp3) is 0.238. The van der Waals surface area contributed by atoms with Crippen LogP contribution in [-0.2, 0) is 0 Å². The molecule has 154 valence electrons. The van der Waals surface area contributed by atoms with E-state index in [1.165, 1.54) is 12.3 Å². The average molecular weight is 407 g/mol. The van der Waals surface area contributed by atoms with E-state index in [4.69, 9.17) is 11.5 Å². The Morgan fingerprint density at radius 1 is 1.23 bits per heavy atom. The van der Waals surface area contributed by atoms with Gasteiger partial charge in [0.15, 0.2) is 11.5 Å². The lowest BCUT2D eigenvalue weighted by Crippen LogP contribution is -2.43. The molecule has 8 nitrogen and oxygen atoms in total. The van der Waals surface area contributed by atoms with Gasteiger partial charge in [0.25, 0.3) is 5.91 Å². The zero-order valence-electron chi connectivity index (χ0n) is 16.3. The van der Waals surface area contributed by atoms with Crippen molar-refractivity contribution in [2.24, 2.45) is 5.73 Å². The van der Waals surface area contributed by atoms with Crippen LogP contribution in [0.5, 0.6) is 0 Å². The van der Waals surface area contributed by atoms with Gasteiger partial charge in [-0.3, -0.25) is 9.78 Å². The van der Waals surface area contributed by atoms with Crippen molar-refractivity contribution < 1.29 is 9.18 Å². The number of carbonyl (C=O) groups is 1. The Hall–Kier alpha value is -3.59. The van der Waals surface area contributed by atoms with Gasteiger partial charge in [0.2, 0.25) is 0 Å². The molecule has 0 saturated carbocycles. The molecular formula is C21H22FN7O. The van der Waals surface area contributed by atoms with Crippen LogP contribution in [0.3, 0.4) is 0 Å². The summed E-state index contributed by atoms with van der Waals surface area (Å²) >= 11 is 0. The molecule has 2 aromatic heterocycles. The number of hydrogen-bond donors (Lipinski definition) is 3. The SMILES string of the molecule is Nc1cnc(-c2ccccc2F)nc1C(=O)Nc1cnccc1N1CCCC(N)C1. The summed E-state index contributed by atoms with van der Waals surface area (Å²) in [5.41, 5.74) is 13.6. The van der Waals surface area contributed by atoms with Gasteiger partial charge in [-0.1, -0.05) is 12.1 Å². The first-order valence-corrected chi connectivity index (χ1v) is 9.66. The van der Waals surface area contributed by atoms with Gasteiger partial charge in [0.1, 0.15) is 5.82 Å². The second kappa shape index (κ2) is 8.42. The van der Waals surface area contributed by atoms with Gasteiger partial charge in [-0.2, -0.15) is 0 Å². The van der Waals surface area contributed by atoms with Crippen LogP contribution in [-0.4, -0.2) is 40.0 Å². The smallest absolute Gasteiger partial charge is 0.276 e. The number of rotatable bonds is 4. The zero-order chi connectivity index (χ0) is 21.1. The number of carbonyl (C=O) groups excluding carboxylic acids is 1. The number of benzene rings is 1. The molecule has 1 aliphatic heterocycles. The van der Waals surface area contributed by atoms with E-state index in [9.17, 15) is 9.18 Å². The molecule has 1 aliphatic rings. The first-order valence-electron chi connectivity index (χ1n) is 9.66. The van der Waals surface area contributed by atoms with Crippen LogP contribution in [0, 0.1) is 5.82 Å². The number of anilines is 3. The largest absolute Gasteiger partial charge is 0.396 e. The van der Waals surface area contributed by atoms with Crippen molar-refractivity contribution in [1.29, 1.82) is 0 Å². The first kappa shape index (κ1) is 19.7. The number of aromatic nitrogens is 3. The number of nitrogens with two attached hydrogens (primary N) is 2. The standard InChI is InChI=1S/C21H22FN7O/c22-15-6-2-1-5-14(15)20-26-10-16(24)19(28-20)21(30)27-17-11-25-8-7-18(17)29-9-3-4-13(23)12-29/h1-2,5-8,10-11,13H,3-4,9,12,23-24H2,(H,27,30). The third kappa shape index (κ3) is 4.06. The van der Waals surface area contributed by atoms with Gasteiger partial charge in [-0.05, 0) is 31.0 Å².